The number of halogens is 8. The number of rotatable bonds is 29. The van der Waals surface area contributed by atoms with Gasteiger partial charge in [0, 0.05) is 16.4 Å². The summed E-state index contributed by atoms with van der Waals surface area (Å²) in [5.74, 6) is -3.81. The molecular formula is C91H76Br3Cl5O26S. The van der Waals surface area contributed by atoms with Crippen molar-refractivity contribution >= 4 is 222 Å². The summed E-state index contributed by atoms with van der Waals surface area (Å²) < 4.78 is 73.4. The summed E-state index contributed by atoms with van der Waals surface area (Å²) in [6, 6.07) is 38.1. The summed E-state index contributed by atoms with van der Waals surface area (Å²) in [7, 11) is 3.13. The third-order valence-corrected chi connectivity index (χ3v) is 21.4. The normalized spacial score (nSPS) is 17.1. The van der Waals surface area contributed by atoms with Gasteiger partial charge in [0.1, 0.15) is 56.0 Å². The van der Waals surface area contributed by atoms with E-state index in [0.29, 0.717) is 103 Å². The Morgan fingerprint density at radius 3 is 0.952 bits per heavy atom. The van der Waals surface area contributed by atoms with Gasteiger partial charge in [0.15, 0.2) is 36.6 Å². The average Bonchev–Trinajstić information content (AvgIpc) is 1.71. The van der Waals surface area contributed by atoms with Crippen molar-refractivity contribution in [3.63, 3.8) is 0 Å². The molecule has 7 heterocycles. The number of thiophene rings is 1. The van der Waals surface area contributed by atoms with Crippen LogP contribution < -0.4 is 9.47 Å². The lowest BCUT2D eigenvalue weighted by atomic mass is 10.1. The molecule has 0 amide bonds. The van der Waals surface area contributed by atoms with Crippen LogP contribution in [0.25, 0.3) is 33.4 Å². The number of ether oxygens (including phenoxy) is 14. The topological polar surface area (TPSA) is 334 Å². The molecule has 0 fully saturated rings. The van der Waals surface area contributed by atoms with Crippen LogP contribution in [0.5, 0.6) is 11.5 Å². The first-order valence-corrected chi connectivity index (χ1v) is 42.5. The van der Waals surface area contributed by atoms with Crippen LogP contribution in [0.2, 0.25) is 25.1 Å². The van der Waals surface area contributed by atoms with Crippen LogP contribution in [-0.2, 0) is 110 Å². The quantitative estimate of drug-likeness (QED) is 0.0239. The van der Waals surface area contributed by atoms with Gasteiger partial charge in [-0.25, -0.2) is 33.6 Å². The van der Waals surface area contributed by atoms with Crippen molar-refractivity contribution < 1.29 is 124 Å². The Hall–Kier alpha value is -11.5. The third-order valence-electron chi connectivity index (χ3n) is 17.1. The molecule has 26 nitrogen and oxygen atoms in total. The summed E-state index contributed by atoms with van der Waals surface area (Å²) in [6.07, 6.45) is 12.7. The maximum Gasteiger partial charge on any atom is 0.348 e. The van der Waals surface area contributed by atoms with E-state index >= 15 is 0 Å². The summed E-state index contributed by atoms with van der Waals surface area (Å²) in [4.78, 5) is 139. The maximum atomic E-state index is 11.9. The molecule has 13 rings (SSSR count). The smallest absolute Gasteiger partial charge is 0.348 e. The fraction of sp³-hybridized carbons (Fsp3) is 0.209. The van der Waals surface area contributed by atoms with Gasteiger partial charge in [-0.05, 0) is 186 Å². The lowest BCUT2D eigenvalue weighted by molar-refractivity contribution is -0.150. The second-order valence-corrected chi connectivity index (χ2v) is 31.8. The largest absolute Gasteiger partial charge is 0.496 e. The number of hydrogen-bond acceptors (Lipinski definition) is 27. The lowest BCUT2D eigenvalue weighted by Gasteiger charge is -2.08. The van der Waals surface area contributed by atoms with Crippen LogP contribution in [-0.4, -0.2) is 162 Å². The zero-order valence-electron chi connectivity index (χ0n) is 67.0. The SMILES string of the molecule is C=CCC(=O)OCC1C=C(c2ccc(Cl)c(Cl)c2)C(=O)O1.C=CCC(=O)OCC1C=C(c2ccc(OC)c(Br)c2)C(=O)O1.C=CCC(=O)OCC1C=C(c2cccc(Br)c2)C(=O)O1.C=CCC(=O)OCC1C=C(c2cccc(Cl)c2)C(=O)O1.COc1ccc(C2=CC(COC(C)=O)OC2=O)cc1Br.O=C1OC(COC(=O)c2cccs2)C=C1c1ccc(Cl)c(Cl)c1. The van der Waals surface area contributed by atoms with Gasteiger partial charge < -0.3 is 66.3 Å². The number of methoxy groups -OCH3 is 2. The van der Waals surface area contributed by atoms with Crippen molar-refractivity contribution in [2.24, 2.45) is 0 Å². The molecule has 126 heavy (non-hydrogen) atoms. The maximum absolute atomic E-state index is 11.9. The molecule has 6 aromatic carbocycles. The minimum atomic E-state index is -0.615. The van der Waals surface area contributed by atoms with Crippen LogP contribution in [0.3, 0.4) is 0 Å². The molecule has 0 saturated heterocycles. The molecule has 0 aliphatic carbocycles. The van der Waals surface area contributed by atoms with E-state index in [1.165, 1.54) is 42.6 Å². The fourth-order valence-electron chi connectivity index (χ4n) is 11.2. The molecule has 6 aliphatic rings. The number of hydrogen-bond donors (Lipinski definition) is 0. The minimum absolute atomic E-state index is 0.000756. The zero-order valence-corrected chi connectivity index (χ0v) is 76.3. The van der Waals surface area contributed by atoms with E-state index in [9.17, 15) is 57.5 Å². The van der Waals surface area contributed by atoms with Crippen LogP contribution in [0, 0.1) is 0 Å². The molecule has 1 aromatic heterocycles. The monoisotopic (exact) mass is 2030 g/mol. The lowest BCUT2D eigenvalue weighted by Crippen LogP contribution is -2.18. The van der Waals surface area contributed by atoms with E-state index < -0.39 is 102 Å². The highest BCUT2D eigenvalue weighted by Crippen LogP contribution is 2.37. The van der Waals surface area contributed by atoms with Crippen molar-refractivity contribution in [1.29, 1.82) is 0 Å². The zero-order chi connectivity index (χ0) is 91.7. The fourth-order valence-corrected chi connectivity index (χ4v) is 14.1. The molecule has 0 spiro atoms. The van der Waals surface area contributed by atoms with Gasteiger partial charge in [0.2, 0.25) is 0 Å². The second kappa shape index (κ2) is 50.0. The van der Waals surface area contributed by atoms with Crippen LogP contribution >= 0.6 is 117 Å². The van der Waals surface area contributed by atoms with Gasteiger partial charge in [-0.15, -0.1) is 37.7 Å². The minimum Gasteiger partial charge on any atom is -0.496 e. The van der Waals surface area contributed by atoms with E-state index in [1.807, 2.05) is 24.3 Å². The van der Waals surface area contributed by atoms with E-state index in [2.05, 4.69) is 74.1 Å². The predicted molar refractivity (Wildman–Crippen MR) is 481 cm³/mol. The van der Waals surface area contributed by atoms with Crippen molar-refractivity contribution in [1.82, 2.24) is 0 Å². The Bertz CT molecular complexity index is 5400. The molecule has 6 unspecified atom stereocenters. The highest BCUT2D eigenvalue weighted by molar-refractivity contribution is 9.11. The first kappa shape index (κ1) is 100.0. The number of esters is 12. The van der Waals surface area contributed by atoms with Gasteiger partial charge in [-0.2, -0.15) is 0 Å². The number of cyclic esters (lactones) is 6. The predicted octanol–water partition coefficient (Wildman–Crippen LogP) is 18.5. The average molecular weight is 2030 g/mol. The number of benzene rings is 6. The first-order chi connectivity index (χ1) is 60.3. The molecule has 0 saturated carbocycles. The van der Waals surface area contributed by atoms with Crippen molar-refractivity contribution in [3.05, 3.63) is 303 Å². The highest BCUT2D eigenvalue weighted by atomic mass is 79.9. The Morgan fingerprint density at radius 2 is 0.667 bits per heavy atom. The van der Waals surface area contributed by atoms with Crippen LogP contribution in [0.15, 0.2) is 239 Å². The Kier molecular flexibility index (Phi) is 39.7. The first-order valence-electron chi connectivity index (χ1n) is 37.4. The molecule has 7 aromatic rings. The van der Waals surface area contributed by atoms with Crippen LogP contribution in [0.1, 0.15) is 75.7 Å². The van der Waals surface area contributed by atoms with Crippen molar-refractivity contribution in [2.75, 3.05) is 53.9 Å². The van der Waals surface area contributed by atoms with E-state index in [4.69, 9.17) is 124 Å². The molecule has 6 aliphatic heterocycles. The highest BCUT2D eigenvalue weighted by Gasteiger charge is 2.34. The number of carbonyl (C=O) groups excluding carboxylic acids is 12. The van der Waals surface area contributed by atoms with Gasteiger partial charge >= 0.3 is 71.6 Å². The molecule has 0 radical (unpaired) electrons. The van der Waals surface area contributed by atoms with Gasteiger partial charge in [0.25, 0.3) is 0 Å². The second-order valence-electron chi connectivity index (χ2n) is 26.2. The van der Waals surface area contributed by atoms with Gasteiger partial charge in [-0.3, -0.25) is 24.0 Å². The Morgan fingerprint density at radius 1 is 0.365 bits per heavy atom. The Labute approximate surface area is 777 Å². The van der Waals surface area contributed by atoms with Crippen molar-refractivity contribution in [3.8, 4) is 11.5 Å². The van der Waals surface area contributed by atoms with Crippen molar-refractivity contribution in [2.45, 2.75) is 69.2 Å². The summed E-state index contributed by atoms with van der Waals surface area (Å²) in [6.45, 7) is 15.1. The Balaban J connectivity index is 0.000000187. The number of carbonyl (C=O) groups is 12. The van der Waals surface area contributed by atoms with Gasteiger partial charge in [-0.1, -0.05) is 153 Å². The molecular weight excluding hydrogens is 1960 g/mol. The van der Waals surface area contributed by atoms with E-state index in [0.717, 1.165) is 19.0 Å². The third kappa shape index (κ3) is 30.7. The van der Waals surface area contributed by atoms with E-state index in [1.54, 1.807) is 165 Å². The molecule has 0 N–H and O–H groups in total. The molecule has 35 heteroatoms. The standard InChI is InChI=1S/C16H15BrO5.C16H10Cl2O4S.C15H13BrO4.C15H12Cl2O4.C15H13ClO4.C14H13BrO5/c1-3-4-15(18)21-9-11-8-12(16(19)22-11)10-5-6-14(20-2)13(17)7-10;17-12-4-3-9(6-13(12)18)11-7-10(22-15(11)19)8-21-16(20)14-2-1-5-23-14;1-2-4-14(17)19-9-12-8-13(15(18)20-12)10-5-3-6-11(16)7-10;1-2-3-14(18)20-8-10-7-11(15(19)21-10)9-4-5-12(16)13(17)6-9;1-2-4-14(17)19-9-12-8-13(15(18)20-12)10-5-3-6-11(16)7-10;1-8(16)19-7-10-6-11(14(17)20-10)9-3-4-13(18-2)12(15)5-9/h3,5-8,11H,1,4,9H2,2H3;1-7,10H,8H2;2-3,5-8,12H,1,4,9H2;2,4-7,10H,1,3,8H2;2-3,5-8,12H,1,4,9H2;3-6,10H,7H2,1-2H3. The van der Waals surface area contributed by atoms with Gasteiger partial charge in [0.05, 0.1) is 102 Å². The molecule has 6 atom stereocenters. The summed E-state index contributed by atoms with van der Waals surface area (Å²) in [5.41, 5.74) is 6.63. The molecule has 0 bridgehead atoms. The molecule has 658 valence electrons. The van der Waals surface area contributed by atoms with Crippen LogP contribution in [0.4, 0.5) is 0 Å². The van der Waals surface area contributed by atoms with E-state index in [-0.39, 0.29) is 71.3 Å². The summed E-state index contributed by atoms with van der Waals surface area (Å²) >= 11 is 40.8. The summed E-state index contributed by atoms with van der Waals surface area (Å²) in [5, 5.41) is 3.84.